The van der Waals surface area contributed by atoms with Crippen LogP contribution in [-0.2, 0) is 14.3 Å². The molecule has 1 aromatic carbocycles. The molecule has 1 aromatic rings. The Morgan fingerprint density at radius 2 is 2.13 bits per heavy atom. The molecule has 2 rings (SSSR count). The summed E-state index contributed by atoms with van der Waals surface area (Å²) < 4.78 is 19.0. The van der Waals surface area contributed by atoms with Gasteiger partial charge in [-0.3, -0.25) is 14.5 Å². The van der Waals surface area contributed by atoms with Crippen molar-refractivity contribution in [2.45, 2.75) is 13.8 Å². The second-order valence-electron chi connectivity index (χ2n) is 5.37. The zero-order chi connectivity index (χ0) is 17.0. The highest BCUT2D eigenvalue weighted by molar-refractivity contribution is 8.26. The monoisotopic (exact) mass is 353 g/mol. The van der Waals surface area contributed by atoms with Crippen LogP contribution in [0.4, 0.5) is 4.39 Å². The summed E-state index contributed by atoms with van der Waals surface area (Å²) in [5.41, 5.74) is 0.301. The zero-order valence-electron chi connectivity index (χ0n) is 12.7. The average Bonchev–Trinajstić information content (AvgIpc) is 2.75. The molecule has 0 unspecified atom stereocenters. The van der Waals surface area contributed by atoms with Crippen LogP contribution >= 0.6 is 24.0 Å². The van der Waals surface area contributed by atoms with Gasteiger partial charge in [-0.2, -0.15) is 0 Å². The lowest BCUT2D eigenvalue weighted by atomic mass is 10.2. The SMILES string of the molecule is CC(C)COC(=O)CN1C(=O)/C(=C/c2ccccc2F)SC1=S. The Bertz CT molecular complexity index is 673. The third kappa shape index (κ3) is 4.62. The molecule has 0 bridgehead atoms. The van der Waals surface area contributed by atoms with E-state index >= 15 is 0 Å². The van der Waals surface area contributed by atoms with Gasteiger partial charge in [-0.1, -0.05) is 56.0 Å². The molecule has 23 heavy (non-hydrogen) atoms. The van der Waals surface area contributed by atoms with Crippen LogP contribution in [0.2, 0.25) is 0 Å². The van der Waals surface area contributed by atoms with Crippen molar-refractivity contribution < 1.29 is 18.7 Å². The Balaban J connectivity index is 2.08. The van der Waals surface area contributed by atoms with Gasteiger partial charge in [0.15, 0.2) is 0 Å². The summed E-state index contributed by atoms with van der Waals surface area (Å²) in [6.07, 6.45) is 1.44. The first-order valence-corrected chi connectivity index (χ1v) is 8.26. The van der Waals surface area contributed by atoms with E-state index in [1.54, 1.807) is 18.2 Å². The summed E-state index contributed by atoms with van der Waals surface area (Å²) in [6.45, 7) is 3.90. The zero-order valence-corrected chi connectivity index (χ0v) is 14.4. The number of thiocarbonyl (C=S) groups is 1. The molecule has 0 N–H and O–H groups in total. The molecule has 4 nitrogen and oxygen atoms in total. The molecule has 0 radical (unpaired) electrons. The van der Waals surface area contributed by atoms with Gasteiger partial charge in [-0.05, 0) is 18.1 Å². The number of rotatable bonds is 5. The third-order valence-electron chi connectivity index (χ3n) is 2.93. The Labute approximate surface area is 143 Å². The Kier molecular flexibility index (Phi) is 5.90. The van der Waals surface area contributed by atoms with Crippen molar-refractivity contribution in [3.63, 3.8) is 0 Å². The molecule has 0 spiro atoms. The lowest BCUT2D eigenvalue weighted by Gasteiger charge is -2.14. The van der Waals surface area contributed by atoms with E-state index in [1.807, 2.05) is 13.8 Å². The summed E-state index contributed by atoms with van der Waals surface area (Å²) in [7, 11) is 0. The van der Waals surface area contributed by atoms with Crippen LogP contribution in [0.1, 0.15) is 19.4 Å². The number of esters is 1. The second kappa shape index (κ2) is 7.70. The van der Waals surface area contributed by atoms with Crippen molar-refractivity contribution in [3.05, 3.63) is 40.6 Å². The summed E-state index contributed by atoms with van der Waals surface area (Å²) in [4.78, 5) is 25.5. The van der Waals surface area contributed by atoms with Crippen molar-refractivity contribution in [2.24, 2.45) is 5.92 Å². The molecule has 0 saturated carbocycles. The molecular formula is C16H16FNO3S2. The minimum absolute atomic E-state index is 0.214. The number of benzene rings is 1. The standard InChI is InChI=1S/C16H16FNO3S2/c1-10(2)9-21-14(19)8-18-15(20)13(23-16(18)22)7-11-5-3-4-6-12(11)17/h3-7,10H,8-9H2,1-2H3/b13-7-. The lowest BCUT2D eigenvalue weighted by molar-refractivity contribution is -0.147. The molecule has 0 atom stereocenters. The molecule has 0 aliphatic carbocycles. The minimum Gasteiger partial charge on any atom is -0.464 e. The van der Waals surface area contributed by atoms with Crippen molar-refractivity contribution in [1.82, 2.24) is 4.90 Å². The molecule has 1 amide bonds. The van der Waals surface area contributed by atoms with Crippen LogP contribution in [0.5, 0.6) is 0 Å². The van der Waals surface area contributed by atoms with Crippen LogP contribution in [0.25, 0.3) is 6.08 Å². The number of ether oxygens (including phenoxy) is 1. The molecular weight excluding hydrogens is 337 g/mol. The number of hydrogen-bond acceptors (Lipinski definition) is 5. The van der Waals surface area contributed by atoms with Crippen LogP contribution in [0, 0.1) is 11.7 Å². The first-order valence-electron chi connectivity index (χ1n) is 7.04. The molecule has 1 heterocycles. The minimum atomic E-state index is -0.512. The number of halogens is 1. The third-order valence-corrected chi connectivity index (χ3v) is 4.31. The van der Waals surface area contributed by atoms with E-state index in [1.165, 1.54) is 17.0 Å². The van der Waals surface area contributed by atoms with E-state index in [9.17, 15) is 14.0 Å². The average molecular weight is 353 g/mol. The van der Waals surface area contributed by atoms with Crippen molar-refractivity contribution in [3.8, 4) is 0 Å². The first-order chi connectivity index (χ1) is 10.9. The normalized spacial score (nSPS) is 16.5. The molecule has 1 fully saturated rings. The molecule has 122 valence electrons. The predicted octanol–water partition coefficient (Wildman–Crippen LogP) is 3.23. The Morgan fingerprint density at radius 3 is 2.78 bits per heavy atom. The van der Waals surface area contributed by atoms with E-state index < -0.39 is 17.7 Å². The summed E-state index contributed by atoms with van der Waals surface area (Å²) in [6, 6.07) is 6.14. The summed E-state index contributed by atoms with van der Waals surface area (Å²) in [5.74, 6) is -1.13. The van der Waals surface area contributed by atoms with Crippen molar-refractivity contribution in [2.75, 3.05) is 13.2 Å². The number of hydrogen-bond donors (Lipinski definition) is 0. The van der Waals surface area contributed by atoms with Crippen LogP contribution < -0.4 is 0 Å². The van der Waals surface area contributed by atoms with E-state index in [-0.39, 0.29) is 21.7 Å². The van der Waals surface area contributed by atoms with Crippen LogP contribution in [0.15, 0.2) is 29.2 Å². The number of nitrogens with zero attached hydrogens (tertiary/aromatic N) is 1. The molecule has 7 heteroatoms. The molecule has 1 saturated heterocycles. The highest BCUT2D eigenvalue weighted by Crippen LogP contribution is 2.32. The fourth-order valence-electron chi connectivity index (χ4n) is 1.80. The molecule has 1 aliphatic rings. The van der Waals surface area contributed by atoms with E-state index in [2.05, 4.69) is 0 Å². The highest BCUT2D eigenvalue weighted by Gasteiger charge is 2.33. The van der Waals surface area contributed by atoms with E-state index in [0.29, 0.717) is 12.2 Å². The van der Waals surface area contributed by atoms with Gasteiger partial charge in [-0.15, -0.1) is 0 Å². The van der Waals surface area contributed by atoms with Gasteiger partial charge in [0.2, 0.25) is 0 Å². The molecule has 0 aromatic heterocycles. The topological polar surface area (TPSA) is 46.6 Å². The smallest absolute Gasteiger partial charge is 0.326 e. The Morgan fingerprint density at radius 1 is 1.43 bits per heavy atom. The van der Waals surface area contributed by atoms with Gasteiger partial charge in [0, 0.05) is 5.56 Å². The fraction of sp³-hybridized carbons (Fsp3) is 0.312. The highest BCUT2D eigenvalue weighted by atomic mass is 32.2. The van der Waals surface area contributed by atoms with Gasteiger partial charge < -0.3 is 4.74 Å². The van der Waals surface area contributed by atoms with Crippen LogP contribution in [-0.4, -0.2) is 34.2 Å². The van der Waals surface area contributed by atoms with Gasteiger partial charge >= 0.3 is 5.97 Å². The first kappa shape index (κ1) is 17.6. The predicted molar refractivity (Wildman–Crippen MR) is 92.1 cm³/mol. The summed E-state index contributed by atoms with van der Waals surface area (Å²) >= 11 is 6.17. The van der Waals surface area contributed by atoms with Gasteiger partial charge in [0.05, 0.1) is 11.5 Å². The maximum Gasteiger partial charge on any atom is 0.326 e. The second-order valence-corrected chi connectivity index (χ2v) is 7.04. The Hall–Kier alpha value is -1.73. The molecule has 1 aliphatic heterocycles. The number of amides is 1. The largest absolute Gasteiger partial charge is 0.464 e. The summed E-state index contributed by atoms with van der Waals surface area (Å²) in [5, 5.41) is 0. The van der Waals surface area contributed by atoms with Gasteiger partial charge in [0.25, 0.3) is 5.91 Å². The maximum absolute atomic E-state index is 13.7. The van der Waals surface area contributed by atoms with Crippen molar-refractivity contribution >= 4 is 46.3 Å². The number of carbonyl (C=O) groups excluding carboxylic acids is 2. The number of carbonyl (C=O) groups is 2. The van der Waals surface area contributed by atoms with Gasteiger partial charge in [0.1, 0.15) is 16.7 Å². The number of thioether (sulfide) groups is 1. The van der Waals surface area contributed by atoms with E-state index in [0.717, 1.165) is 11.8 Å². The fourth-order valence-corrected chi connectivity index (χ4v) is 3.05. The van der Waals surface area contributed by atoms with Gasteiger partial charge in [-0.25, -0.2) is 4.39 Å². The van der Waals surface area contributed by atoms with Crippen molar-refractivity contribution in [1.29, 1.82) is 0 Å². The maximum atomic E-state index is 13.7. The van der Waals surface area contributed by atoms with Crippen LogP contribution in [0.3, 0.4) is 0 Å². The lowest BCUT2D eigenvalue weighted by Crippen LogP contribution is -2.34. The quantitative estimate of drug-likeness (QED) is 0.462. The van der Waals surface area contributed by atoms with E-state index in [4.69, 9.17) is 17.0 Å².